The summed E-state index contributed by atoms with van der Waals surface area (Å²) in [7, 11) is 1.58. The van der Waals surface area contributed by atoms with Crippen molar-refractivity contribution in [2.45, 2.75) is 25.5 Å². The highest BCUT2D eigenvalue weighted by molar-refractivity contribution is 5.26. The van der Waals surface area contributed by atoms with Crippen LogP contribution in [0.15, 0.2) is 24.3 Å². The number of hydrogen-bond donors (Lipinski definition) is 2. The Balaban J connectivity index is 2.35. The summed E-state index contributed by atoms with van der Waals surface area (Å²) in [6, 6.07) is 7.26. The lowest BCUT2D eigenvalue weighted by Crippen LogP contribution is -2.39. The molecule has 0 heterocycles. The zero-order valence-corrected chi connectivity index (χ0v) is 9.91. The van der Waals surface area contributed by atoms with Crippen molar-refractivity contribution in [2.75, 3.05) is 13.7 Å². The number of hydrogen-bond acceptors (Lipinski definition) is 3. The lowest BCUT2D eigenvalue weighted by Gasteiger charge is -2.18. The molecule has 0 saturated carbocycles. The zero-order chi connectivity index (χ0) is 12.9. The minimum absolute atomic E-state index is 0.143. The molecule has 0 radical (unpaired) electrons. The van der Waals surface area contributed by atoms with Crippen LogP contribution >= 0.6 is 0 Å². The molecule has 1 rings (SSSR count). The van der Waals surface area contributed by atoms with Crippen LogP contribution in [0.2, 0.25) is 0 Å². The molecule has 0 amide bonds. The van der Waals surface area contributed by atoms with Crippen molar-refractivity contribution in [1.29, 1.82) is 0 Å². The summed E-state index contributed by atoms with van der Waals surface area (Å²) in [6.07, 6.45) is -1.67. The molecule has 0 bridgehead atoms. The average molecular weight is 245 g/mol. The first-order chi connectivity index (χ1) is 7.93. The summed E-state index contributed by atoms with van der Waals surface area (Å²) in [5.74, 6) is -2.33. The standard InChI is InChI=1S/C12H17F2NO2/c1-12(13,14)11(16)8-15-7-9-3-5-10(17-2)6-4-9/h3-6,11,15-16H,7-8H2,1-2H3. The molecule has 1 aromatic carbocycles. The topological polar surface area (TPSA) is 41.5 Å². The predicted octanol–water partition coefficient (Wildman–Crippen LogP) is 1.80. The highest BCUT2D eigenvalue weighted by Gasteiger charge is 2.31. The number of halogens is 2. The highest BCUT2D eigenvalue weighted by Crippen LogP contribution is 2.16. The maximum absolute atomic E-state index is 12.6. The molecule has 1 unspecified atom stereocenters. The van der Waals surface area contributed by atoms with Crippen LogP contribution in [0.1, 0.15) is 12.5 Å². The van der Waals surface area contributed by atoms with Gasteiger partial charge >= 0.3 is 0 Å². The van der Waals surface area contributed by atoms with Gasteiger partial charge in [0.05, 0.1) is 7.11 Å². The van der Waals surface area contributed by atoms with Crippen LogP contribution in [0, 0.1) is 0 Å². The van der Waals surface area contributed by atoms with Crippen molar-refractivity contribution in [3.05, 3.63) is 29.8 Å². The molecule has 1 aromatic rings. The summed E-state index contributed by atoms with van der Waals surface area (Å²) in [5.41, 5.74) is 0.942. The molecule has 0 aromatic heterocycles. The van der Waals surface area contributed by atoms with Gasteiger partial charge < -0.3 is 15.2 Å². The molecule has 17 heavy (non-hydrogen) atoms. The molecule has 96 valence electrons. The third-order valence-electron chi connectivity index (χ3n) is 2.41. The van der Waals surface area contributed by atoms with Crippen molar-refractivity contribution >= 4 is 0 Å². The number of rotatable bonds is 6. The second-order valence-corrected chi connectivity index (χ2v) is 3.95. The van der Waals surface area contributed by atoms with Gasteiger partial charge in [0, 0.05) is 20.0 Å². The van der Waals surface area contributed by atoms with Crippen molar-refractivity contribution in [2.24, 2.45) is 0 Å². The number of alkyl halides is 2. The lowest BCUT2D eigenvalue weighted by atomic mass is 10.2. The molecule has 5 heteroatoms. The number of methoxy groups -OCH3 is 1. The van der Waals surface area contributed by atoms with Crippen molar-refractivity contribution in [3.8, 4) is 5.75 Å². The van der Waals surface area contributed by atoms with Crippen molar-refractivity contribution in [3.63, 3.8) is 0 Å². The maximum atomic E-state index is 12.6. The van der Waals surface area contributed by atoms with Gasteiger partial charge in [-0.25, -0.2) is 8.78 Å². The van der Waals surface area contributed by atoms with Crippen LogP contribution < -0.4 is 10.1 Å². The van der Waals surface area contributed by atoms with E-state index in [0.29, 0.717) is 13.5 Å². The lowest BCUT2D eigenvalue weighted by molar-refractivity contribution is -0.0912. The zero-order valence-electron chi connectivity index (χ0n) is 9.91. The van der Waals surface area contributed by atoms with Crippen molar-refractivity contribution in [1.82, 2.24) is 5.32 Å². The van der Waals surface area contributed by atoms with Gasteiger partial charge in [0.2, 0.25) is 0 Å². The van der Waals surface area contributed by atoms with E-state index in [1.54, 1.807) is 19.2 Å². The summed E-state index contributed by atoms with van der Waals surface area (Å²) in [6.45, 7) is 0.986. The van der Waals surface area contributed by atoms with Gasteiger partial charge in [0.25, 0.3) is 5.92 Å². The largest absolute Gasteiger partial charge is 0.497 e. The third kappa shape index (κ3) is 4.66. The van der Waals surface area contributed by atoms with E-state index < -0.39 is 12.0 Å². The summed E-state index contributed by atoms with van der Waals surface area (Å²) in [5, 5.41) is 11.9. The SMILES string of the molecule is COc1ccc(CNCC(O)C(C)(F)F)cc1. The maximum Gasteiger partial charge on any atom is 0.271 e. The Bertz CT molecular complexity index is 335. The van der Waals surface area contributed by atoms with E-state index in [2.05, 4.69) is 5.32 Å². The summed E-state index contributed by atoms with van der Waals surface area (Å²) >= 11 is 0. The molecule has 0 aliphatic heterocycles. The fourth-order valence-corrected chi connectivity index (χ4v) is 1.28. The van der Waals surface area contributed by atoms with Crippen LogP contribution in [-0.2, 0) is 6.54 Å². The Morgan fingerprint density at radius 3 is 2.41 bits per heavy atom. The molecular formula is C12H17F2NO2. The molecule has 0 aliphatic carbocycles. The highest BCUT2D eigenvalue weighted by atomic mass is 19.3. The predicted molar refractivity (Wildman–Crippen MR) is 61.3 cm³/mol. The molecule has 0 spiro atoms. The van der Waals surface area contributed by atoms with Gasteiger partial charge in [-0.1, -0.05) is 12.1 Å². The molecule has 2 N–H and O–H groups in total. The summed E-state index contributed by atoms with van der Waals surface area (Å²) < 4.78 is 30.3. The van der Waals surface area contributed by atoms with Gasteiger partial charge in [0.1, 0.15) is 11.9 Å². The molecular weight excluding hydrogens is 228 g/mol. The van der Waals surface area contributed by atoms with Crippen LogP contribution in [0.25, 0.3) is 0 Å². The summed E-state index contributed by atoms with van der Waals surface area (Å²) in [4.78, 5) is 0. The van der Waals surface area contributed by atoms with E-state index in [9.17, 15) is 8.78 Å². The number of nitrogens with one attached hydrogen (secondary N) is 1. The number of aliphatic hydroxyl groups is 1. The van der Waals surface area contributed by atoms with E-state index in [-0.39, 0.29) is 6.54 Å². The van der Waals surface area contributed by atoms with Crippen LogP contribution in [0.5, 0.6) is 5.75 Å². The van der Waals surface area contributed by atoms with Gasteiger partial charge in [0.15, 0.2) is 0 Å². The Hall–Kier alpha value is -1.20. The second-order valence-electron chi connectivity index (χ2n) is 3.95. The Labute approximate surface area is 99.4 Å². The Morgan fingerprint density at radius 2 is 1.94 bits per heavy atom. The normalized spacial score (nSPS) is 13.5. The molecule has 0 fully saturated rings. The van der Waals surface area contributed by atoms with E-state index in [0.717, 1.165) is 11.3 Å². The van der Waals surface area contributed by atoms with Crippen LogP contribution in [0.3, 0.4) is 0 Å². The van der Waals surface area contributed by atoms with Crippen LogP contribution in [0.4, 0.5) is 8.78 Å². The first-order valence-electron chi connectivity index (χ1n) is 5.33. The van der Waals surface area contributed by atoms with Crippen LogP contribution in [-0.4, -0.2) is 30.8 Å². The Morgan fingerprint density at radius 1 is 1.35 bits per heavy atom. The fraction of sp³-hybridized carbons (Fsp3) is 0.500. The van der Waals surface area contributed by atoms with E-state index in [1.165, 1.54) is 0 Å². The third-order valence-corrected chi connectivity index (χ3v) is 2.41. The first-order valence-corrected chi connectivity index (χ1v) is 5.33. The van der Waals surface area contributed by atoms with Gasteiger partial charge in [-0.3, -0.25) is 0 Å². The van der Waals surface area contributed by atoms with E-state index in [4.69, 9.17) is 9.84 Å². The monoisotopic (exact) mass is 245 g/mol. The number of benzene rings is 1. The quantitative estimate of drug-likeness (QED) is 0.803. The van der Waals surface area contributed by atoms with E-state index in [1.807, 2.05) is 12.1 Å². The van der Waals surface area contributed by atoms with Gasteiger partial charge in [-0.15, -0.1) is 0 Å². The molecule has 0 saturated heterocycles. The molecule has 3 nitrogen and oxygen atoms in total. The number of aliphatic hydroxyl groups excluding tert-OH is 1. The smallest absolute Gasteiger partial charge is 0.271 e. The molecule has 0 aliphatic rings. The Kier molecular flexibility index (Phi) is 4.84. The minimum Gasteiger partial charge on any atom is -0.497 e. The second kappa shape index (κ2) is 5.93. The minimum atomic E-state index is -3.08. The first kappa shape index (κ1) is 13.9. The molecule has 1 atom stereocenters. The van der Waals surface area contributed by atoms with E-state index >= 15 is 0 Å². The number of ether oxygens (including phenoxy) is 1. The van der Waals surface area contributed by atoms with Gasteiger partial charge in [-0.2, -0.15) is 0 Å². The average Bonchev–Trinajstić information content (AvgIpc) is 2.28. The van der Waals surface area contributed by atoms with Crippen molar-refractivity contribution < 1.29 is 18.6 Å². The fourth-order valence-electron chi connectivity index (χ4n) is 1.28. The van der Waals surface area contributed by atoms with Gasteiger partial charge in [-0.05, 0) is 17.7 Å².